The summed E-state index contributed by atoms with van der Waals surface area (Å²) in [6, 6.07) is 7.03. The second-order valence-electron chi connectivity index (χ2n) is 5.09. The summed E-state index contributed by atoms with van der Waals surface area (Å²) in [4.78, 5) is 13.6. The van der Waals surface area contributed by atoms with Gasteiger partial charge in [0, 0.05) is 24.8 Å². The van der Waals surface area contributed by atoms with E-state index in [-0.39, 0.29) is 6.03 Å². The van der Waals surface area contributed by atoms with Gasteiger partial charge in [-0.2, -0.15) is 0 Å². The van der Waals surface area contributed by atoms with Crippen molar-refractivity contribution in [3.8, 4) is 5.75 Å². The number of rotatable bonds is 4. The molecule has 0 aromatic heterocycles. The molecule has 0 unspecified atom stereocenters. The van der Waals surface area contributed by atoms with Crippen molar-refractivity contribution in [2.75, 3.05) is 25.0 Å². The van der Waals surface area contributed by atoms with Crippen LogP contribution in [0.1, 0.15) is 13.3 Å². The van der Waals surface area contributed by atoms with Crippen molar-refractivity contribution in [3.05, 3.63) is 36.4 Å². The molecular formula is C15H20N2O3. The Bertz CT molecular complexity index is 502. The Balaban J connectivity index is 1.93. The average molecular weight is 276 g/mol. The number of aliphatic hydroxyl groups is 1. The third kappa shape index (κ3) is 3.99. The SMILES string of the molecule is C=C(C)COc1cccc(NC(=O)N2CC[C@@H](O)C2)c1. The lowest BCUT2D eigenvalue weighted by Gasteiger charge is -2.17. The molecule has 1 saturated heterocycles. The molecule has 0 aliphatic carbocycles. The molecule has 0 spiro atoms. The number of β-amino-alcohol motifs (C(OH)–C–C–N with tert-alkyl or cyclic N) is 1. The van der Waals surface area contributed by atoms with E-state index in [1.54, 1.807) is 17.0 Å². The van der Waals surface area contributed by atoms with Gasteiger partial charge in [-0.3, -0.25) is 0 Å². The summed E-state index contributed by atoms with van der Waals surface area (Å²) in [5.41, 5.74) is 1.61. The Morgan fingerprint density at radius 1 is 1.60 bits per heavy atom. The van der Waals surface area contributed by atoms with Crippen molar-refractivity contribution < 1.29 is 14.6 Å². The zero-order valence-electron chi connectivity index (χ0n) is 11.6. The molecule has 5 nitrogen and oxygen atoms in total. The van der Waals surface area contributed by atoms with E-state index in [4.69, 9.17) is 4.74 Å². The highest BCUT2D eigenvalue weighted by Gasteiger charge is 2.24. The summed E-state index contributed by atoms with van der Waals surface area (Å²) >= 11 is 0. The number of likely N-dealkylation sites (tertiary alicyclic amines) is 1. The minimum atomic E-state index is -0.411. The first-order valence-electron chi connectivity index (χ1n) is 6.66. The van der Waals surface area contributed by atoms with Gasteiger partial charge in [-0.15, -0.1) is 0 Å². The maximum Gasteiger partial charge on any atom is 0.321 e. The number of nitrogens with zero attached hydrogens (tertiary/aromatic N) is 1. The molecule has 1 heterocycles. The Kier molecular flexibility index (Phi) is 4.63. The summed E-state index contributed by atoms with van der Waals surface area (Å²) in [5, 5.41) is 12.2. The molecule has 1 aliphatic rings. The third-order valence-corrected chi connectivity index (χ3v) is 3.02. The lowest BCUT2D eigenvalue weighted by atomic mass is 10.3. The number of ether oxygens (including phenoxy) is 1. The minimum absolute atomic E-state index is 0.196. The topological polar surface area (TPSA) is 61.8 Å². The first-order valence-corrected chi connectivity index (χ1v) is 6.66. The van der Waals surface area contributed by atoms with Crippen molar-refractivity contribution in [2.24, 2.45) is 0 Å². The second-order valence-corrected chi connectivity index (χ2v) is 5.09. The van der Waals surface area contributed by atoms with Gasteiger partial charge < -0.3 is 20.1 Å². The number of amides is 2. The lowest BCUT2D eigenvalue weighted by Crippen LogP contribution is -2.33. The summed E-state index contributed by atoms with van der Waals surface area (Å²) in [7, 11) is 0. The lowest BCUT2D eigenvalue weighted by molar-refractivity contribution is 0.176. The summed E-state index contributed by atoms with van der Waals surface area (Å²) in [6.45, 7) is 7.09. The summed E-state index contributed by atoms with van der Waals surface area (Å²) in [6.07, 6.45) is 0.223. The van der Waals surface area contributed by atoms with Crippen LogP contribution in [0.2, 0.25) is 0 Å². The number of nitrogens with one attached hydrogen (secondary N) is 1. The van der Waals surface area contributed by atoms with E-state index in [1.807, 2.05) is 19.1 Å². The van der Waals surface area contributed by atoms with Crippen LogP contribution in [0.15, 0.2) is 36.4 Å². The van der Waals surface area contributed by atoms with Crippen LogP contribution in [0, 0.1) is 0 Å². The molecule has 0 saturated carbocycles. The second kappa shape index (κ2) is 6.43. The number of anilines is 1. The highest BCUT2D eigenvalue weighted by Crippen LogP contribution is 2.19. The number of benzene rings is 1. The van der Waals surface area contributed by atoms with Crippen LogP contribution in [0.4, 0.5) is 10.5 Å². The van der Waals surface area contributed by atoms with Gasteiger partial charge in [-0.1, -0.05) is 12.6 Å². The van der Waals surface area contributed by atoms with E-state index < -0.39 is 6.10 Å². The van der Waals surface area contributed by atoms with E-state index in [0.29, 0.717) is 37.6 Å². The molecule has 2 rings (SSSR count). The maximum absolute atomic E-state index is 12.0. The highest BCUT2D eigenvalue weighted by molar-refractivity contribution is 5.89. The summed E-state index contributed by atoms with van der Waals surface area (Å²) < 4.78 is 5.53. The maximum atomic E-state index is 12.0. The van der Waals surface area contributed by atoms with Crippen molar-refractivity contribution in [1.29, 1.82) is 0 Å². The zero-order valence-corrected chi connectivity index (χ0v) is 11.6. The Morgan fingerprint density at radius 2 is 2.40 bits per heavy atom. The molecule has 108 valence electrons. The van der Waals surface area contributed by atoms with E-state index in [2.05, 4.69) is 11.9 Å². The monoisotopic (exact) mass is 276 g/mol. The van der Waals surface area contributed by atoms with Crippen LogP contribution in [0.3, 0.4) is 0 Å². The normalized spacial score (nSPS) is 17.9. The van der Waals surface area contributed by atoms with Crippen molar-refractivity contribution in [2.45, 2.75) is 19.4 Å². The van der Waals surface area contributed by atoms with E-state index in [9.17, 15) is 9.90 Å². The molecule has 1 aromatic rings. The third-order valence-electron chi connectivity index (χ3n) is 3.02. The number of carbonyl (C=O) groups is 1. The molecule has 2 N–H and O–H groups in total. The van der Waals surface area contributed by atoms with Gasteiger partial charge in [-0.05, 0) is 31.1 Å². The van der Waals surface area contributed by atoms with Gasteiger partial charge in [0.1, 0.15) is 12.4 Å². The Morgan fingerprint density at radius 3 is 3.05 bits per heavy atom. The van der Waals surface area contributed by atoms with Crippen LogP contribution >= 0.6 is 0 Å². The molecule has 1 aliphatic heterocycles. The smallest absolute Gasteiger partial charge is 0.321 e. The van der Waals surface area contributed by atoms with Gasteiger partial charge in [0.15, 0.2) is 0 Å². The van der Waals surface area contributed by atoms with E-state index >= 15 is 0 Å². The standard InChI is InChI=1S/C15H20N2O3/c1-11(2)10-20-14-5-3-4-12(8-14)16-15(19)17-7-6-13(18)9-17/h3-5,8,13,18H,1,6-7,9-10H2,2H3,(H,16,19)/t13-/m1/s1. The van der Waals surface area contributed by atoms with Gasteiger partial charge in [0.05, 0.1) is 6.10 Å². The van der Waals surface area contributed by atoms with Crippen LogP contribution in [-0.2, 0) is 0 Å². The van der Waals surface area contributed by atoms with Crippen LogP contribution < -0.4 is 10.1 Å². The van der Waals surface area contributed by atoms with Crippen molar-refractivity contribution in [3.63, 3.8) is 0 Å². The molecule has 1 fully saturated rings. The van der Waals surface area contributed by atoms with Crippen LogP contribution in [0.5, 0.6) is 5.75 Å². The molecule has 2 amide bonds. The fourth-order valence-electron chi connectivity index (χ4n) is 2.00. The molecule has 1 aromatic carbocycles. The minimum Gasteiger partial charge on any atom is -0.489 e. The van der Waals surface area contributed by atoms with Crippen molar-refractivity contribution >= 4 is 11.7 Å². The first-order chi connectivity index (χ1) is 9.54. The van der Waals surface area contributed by atoms with Crippen molar-refractivity contribution in [1.82, 2.24) is 4.90 Å². The Hall–Kier alpha value is -2.01. The van der Waals surface area contributed by atoms with E-state index in [0.717, 1.165) is 5.57 Å². The van der Waals surface area contributed by atoms with Crippen LogP contribution in [-0.4, -0.2) is 41.8 Å². The predicted octanol–water partition coefficient (Wildman–Crippen LogP) is 2.24. The fourth-order valence-corrected chi connectivity index (χ4v) is 2.00. The number of hydrogen-bond acceptors (Lipinski definition) is 3. The number of aliphatic hydroxyl groups excluding tert-OH is 1. The fraction of sp³-hybridized carbons (Fsp3) is 0.400. The van der Waals surface area contributed by atoms with Gasteiger partial charge in [0.2, 0.25) is 0 Å². The summed E-state index contributed by atoms with van der Waals surface area (Å²) in [5.74, 6) is 0.687. The molecule has 0 bridgehead atoms. The quantitative estimate of drug-likeness (QED) is 0.829. The molecular weight excluding hydrogens is 256 g/mol. The molecule has 20 heavy (non-hydrogen) atoms. The number of hydrogen-bond donors (Lipinski definition) is 2. The molecule has 5 heteroatoms. The van der Waals surface area contributed by atoms with E-state index in [1.165, 1.54) is 0 Å². The average Bonchev–Trinajstić information content (AvgIpc) is 2.84. The van der Waals surface area contributed by atoms with Crippen LogP contribution in [0.25, 0.3) is 0 Å². The van der Waals surface area contributed by atoms with Gasteiger partial charge in [0.25, 0.3) is 0 Å². The van der Waals surface area contributed by atoms with Gasteiger partial charge >= 0.3 is 6.03 Å². The molecule has 0 radical (unpaired) electrons. The van der Waals surface area contributed by atoms with Gasteiger partial charge in [-0.25, -0.2) is 4.79 Å². The predicted molar refractivity (Wildman–Crippen MR) is 78.0 cm³/mol. The number of urea groups is 1. The zero-order chi connectivity index (χ0) is 14.5. The number of carbonyl (C=O) groups excluding carboxylic acids is 1. The Labute approximate surface area is 118 Å². The molecule has 1 atom stereocenters. The highest BCUT2D eigenvalue weighted by atomic mass is 16.5. The largest absolute Gasteiger partial charge is 0.489 e. The first kappa shape index (κ1) is 14.4.